The van der Waals surface area contributed by atoms with Gasteiger partial charge in [0.15, 0.2) is 0 Å². The molecule has 0 spiro atoms. The highest BCUT2D eigenvalue weighted by molar-refractivity contribution is 6.05. The molecule has 8 nitrogen and oxygen atoms in total. The number of hydrogen-bond acceptors (Lipinski definition) is 6. The lowest BCUT2D eigenvalue weighted by Crippen LogP contribution is -2.13. The molecule has 2 aromatic rings. The number of carbonyl (C=O) groups is 1. The van der Waals surface area contributed by atoms with Gasteiger partial charge in [0, 0.05) is 6.07 Å². The molecule has 106 valence electrons. The molecule has 0 saturated carbocycles. The molecule has 8 heteroatoms. The summed E-state index contributed by atoms with van der Waals surface area (Å²) in [6, 6.07) is 4.51. The minimum atomic E-state index is -0.524. The summed E-state index contributed by atoms with van der Waals surface area (Å²) in [6.45, 7) is 2.22. The fourth-order valence-corrected chi connectivity index (χ4v) is 1.50. The van der Waals surface area contributed by atoms with Crippen LogP contribution in [-0.4, -0.2) is 39.9 Å². The maximum atomic E-state index is 12.0. The fourth-order valence-electron chi connectivity index (χ4n) is 1.50. The summed E-state index contributed by atoms with van der Waals surface area (Å²) in [5.74, 6) is -0.123. The Labute approximate surface area is 114 Å². The minimum Gasteiger partial charge on any atom is -0.507 e. The standard InChI is InChI=1S/C12H14N4O4/c1-3-20-12-14-11(15-16-12)13-10(18)8-5-4-7(19-2)6-9(8)17/h4-6,17H,3H2,1-2H3,(H2,13,14,15,16,18). The number of carbonyl (C=O) groups excluding carboxylic acids is 1. The summed E-state index contributed by atoms with van der Waals surface area (Å²) in [5.41, 5.74) is 0.0974. The molecule has 0 saturated heterocycles. The van der Waals surface area contributed by atoms with Gasteiger partial charge in [-0.05, 0) is 19.1 Å². The largest absolute Gasteiger partial charge is 0.507 e. The molecule has 1 aromatic heterocycles. The van der Waals surface area contributed by atoms with Crippen molar-refractivity contribution in [1.29, 1.82) is 0 Å². The third kappa shape index (κ3) is 2.97. The van der Waals surface area contributed by atoms with Crippen LogP contribution in [0, 0.1) is 0 Å². The summed E-state index contributed by atoms with van der Waals surface area (Å²) < 4.78 is 10.00. The number of phenolic OH excluding ortho intramolecular Hbond substituents is 1. The van der Waals surface area contributed by atoms with Crippen LogP contribution in [-0.2, 0) is 0 Å². The smallest absolute Gasteiger partial charge is 0.337 e. The van der Waals surface area contributed by atoms with E-state index in [4.69, 9.17) is 9.47 Å². The van der Waals surface area contributed by atoms with Gasteiger partial charge in [-0.1, -0.05) is 0 Å². The molecular weight excluding hydrogens is 264 g/mol. The number of amides is 1. The van der Waals surface area contributed by atoms with Crippen molar-refractivity contribution in [3.8, 4) is 17.5 Å². The van der Waals surface area contributed by atoms with Crippen LogP contribution in [0.4, 0.5) is 5.95 Å². The van der Waals surface area contributed by atoms with Crippen LogP contribution in [0.15, 0.2) is 18.2 Å². The van der Waals surface area contributed by atoms with Gasteiger partial charge in [0.1, 0.15) is 11.5 Å². The summed E-state index contributed by atoms with van der Waals surface area (Å²) >= 11 is 0. The Kier molecular flexibility index (Phi) is 4.04. The van der Waals surface area contributed by atoms with E-state index in [0.717, 1.165) is 0 Å². The van der Waals surface area contributed by atoms with Gasteiger partial charge >= 0.3 is 6.01 Å². The molecule has 0 unspecified atom stereocenters. The highest BCUT2D eigenvalue weighted by Crippen LogP contribution is 2.23. The van der Waals surface area contributed by atoms with Crippen LogP contribution >= 0.6 is 0 Å². The number of ether oxygens (including phenoxy) is 2. The van der Waals surface area contributed by atoms with E-state index in [2.05, 4.69) is 20.5 Å². The highest BCUT2D eigenvalue weighted by Gasteiger charge is 2.14. The predicted octanol–water partition coefficient (Wildman–Crippen LogP) is 1.17. The summed E-state index contributed by atoms with van der Waals surface area (Å²) in [7, 11) is 1.47. The van der Waals surface area contributed by atoms with Gasteiger partial charge in [-0.2, -0.15) is 4.98 Å². The van der Waals surface area contributed by atoms with Crippen molar-refractivity contribution >= 4 is 11.9 Å². The van der Waals surface area contributed by atoms with Gasteiger partial charge in [-0.25, -0.2) is 5.10 Å². The number of benzene rings is 1. The fraction of sp³-hybridized carbons (Fsp3) is 0.250. The molecule has 20 heavy (non-hydrogen) atoms. The first-order valence-electron chi connectivity index (χ1n) is 5.87. The zero-order chi connectivity index (χ0) is 14.5. The van der Waals surface area contributed by atoms with Gasteiger partial charge in [-0.3, -0.25) is 10.1 Å². The molecule has 1 heterocycles. The Hall–Kier alpha value is -2.77. The number of phenols is 1. The van der Waals surface area contributed by atoms with E-state index >= 15 is 0 Å². The molecule has 0 aliphatic rings. The quantitative estimate of drug-likeness (QED) is 0.757. The van der Waals surface area contributed by atoms with E-state index in [-0.39, 0.29) is 23.3 Å². The van der Waals surface area contributed by atoms with E-state index in [9.17, 15) is 9.90 Å². The first-order valence-corrected chi connectivity index (χ1v) is 5.87. The molecule has 0 aliphatic heterocycles. The van der Waals surface area contributed by atoms with Crippen molar-refractivity contribution in [2.24, 2.45) is 0 Å². The van der Waals surface area contributed by atoms with Gasteiger partial charge in [0.2, 0.25) is 5.95 Å². The van der Waals surface area contributed by atoms with Crippen molar-refractivity contribution in [3.63, 3.8) is 0 Å². The predicted molar refractivity (Wildman–Crippen MR) is 70.2 cm³/mol. The molecule has 0 aliphatic carbocycles. The van der Waals surface area contributed by atoms with Crippen molar-refractivity contribution < 1.29 is 19.4 Å². The molecule has 1 aromatic carbocycles. The molecule has 0 fully saturated rings. The first kappa shape index (κ1) is 13.7. The zero-order valence-electron chi connectivity index (χ0n) is 11.0. The van der Waals surface area contributed by atoms with Gasteiger partial charge in [0.05, 0.1) is 19.3 Å². The number of aromatic hydroxyl groups is 1. The van der Waals surface area contributed by atoms with Crippen LogP contribution in [0.25, 0.3) is 0 Å². The number of methoxy groups -OCH3 is 1. The number of H-pyrrole nitrogens is 1. The number of rotatable bonds is 5. The average molecular weight is 278 g/mol. The van der Waals surface area contributed by atoms with Crippen LogP contribution in [0.3, 0.4) is 0 Å². The van der Waals surface area contributed by atoms with Crippen LogP contribution in [0.2, 0.25) is 0 Å². The number of nitrogens with one attached hydrogen (secondary N) is 2. The molecule has 2 rings (SSSR count). The van der Waals surface area contributed by atoms with Crippen molar-refractivity contribution in [2.45, 2.75) is 6.92 Å². The van der Waals surface area contributed by atoms with Crippen LogP contribution in [0.1, 0.15) is 17.3 Å². The lowest BCUT2D eigenvalue weighted by molar-refractivity contribution is 0.102. The first-order chi connectivity index (χ1) is 9.63. The van der Waals surface area contributed by atoms with Gasteiger partial charge in [0.25, 0.3) is 5.91 Å². The zero-order valence-corrected chi connectivity index (χ0v) is 11.0. The topological polar surface area (TPSA) is 109 Å². The monoisotopic (exact) mass is 278 g/mol. The van der Waals surface area contributed by atoms with E-state index in [1.165, 1.54) is 19.2 Å². The average Bonchev–Trinajstić information content (AvgIpc) is 2.86. The molecular formula is C12H14N4O4. The minimum absolute atomic E-state index is 0.0974. The Balaban J connectivity index is 2.11. The molecule has 1 amide bonds. The second-order valence-electron chi connectivity index (χ2n) is 3.74. The third-order valence-electron chi connectivity index (χ3n) is 2.42. The number of anilines is 1. The summed E-state index contributed by atoms with van der Waals surface area (Å²) in [6.07, 6.45) is 0. The SMILES string of the molecule is CCOc1n[nH]c(NC(=O)c2ccc(OC)cc2O)n1. The third-order valence-corrected chi connectivity index (χ3v) is 2.42. The van der Waals surface area contributed by atoms with Gasteiger partial charge in [-0.15, -0.1) is 5.10 Å². The molecule has 0 radical (unpaired) electrons. The van der Waals surface area contributed by atoms with Crippen molar-refractivity contribution in [2.75, 3.05) is 19.0 Å². The normalized spacial score (nSPS) is 10.1. The Morgan fingerprint density at radius 1 is 1.50 bits per heavy atom. The second kappa shape index (κ2) is 5.91. The van der Waals surface area contributed by atoms with Crippen molar-refractivity contribution in [1.82, 2.24) is 15.2 Å². The molecule has 3 N–H and O–H groups in total. The Bertz CT molecular complexity index is 611. The lowest BCUT2D eigenvalue weighted by atomic mass is 10.2. The number of hydrogen-bond donors (Lipinski definition) is 3. The van der Waals surface area contributed by atoms with E-state index in [1.807, 2.05) is 0 Å². The van der Waals surface area contributed by atoms with E-state index < -0.39 is 5.91 Å². The second-order valence-corrected chi connectivity index (χ2v) is 3.74. The number of aromatic amines is 1. The number of aromatic nitrogens is 3. The molecule has 0 atom stereocenters. The van der Waals surface area contributed by atoms with Crippen LogP contribution in [0.5, 0.6) is 17.5 Å². The van der Waals surface area contributed by atoms with E-state index in [0.29, 0.717) is 12.4 Å². The van der Waals surface area contributed by atoms with E-state index in [1.54, 1.807) is 13.0 Å². The summed E-state index contributed by atoms with van der Waals surface area (Å²) in [4.78, 5) is 15.9. The maximum Gasteiger partial charge on any atom is 0.337 e. The Morgan fingerprint density at radius 3 is 2.95 bits per heavy atom. The van der Waals surface area contributed by atoms with Gasteiger partial charge < -0.3 is 14.6 Å². The van der Waals surface area contributed by atoms with Crippen molar-refractivity contribution in [3.05, 3.63) is 23.8 Å². The summed E-state index contributed by atoms with van der Waals surface area (Å²) in [5, 5.41) is 18.5. The Morgan fingerprint density at radius 2 is 2.30 bits per heavy atom. The number of nitrogens with zero attached hydrogens (tertiary/aromatic N) is 2. The van der Waals surface area contributed by atoms with Crippen LogP contribution < -0.4 is 14.8 Å². The highest BCUT2D eigenvalue weighted by atomic mass is 16.5. The maximum absolute atomic E-state index is 12.0. The molecule has 0 bridgehead atoms. The lowest BCUT2D eigenvalue weighted by Gasteiger charge is -2.06.